The molecular weight excluding hydrogens is 260 g/mol. The number of benzene rings is 2. The van der Waals surface area contributed by atoms with Crippen LogP contribution >= 0.6 is 0 Å². The molecule has 2 aromatic rings. The van der Waals surface area contributed by atoms with Crippen LogP contribution in [0, 0.1) is 6.92 Å². The zero-order valence-corrected chi connectivity index (χ0v) is 13.6. The van der Waals surface area contributed by atoms with Gasteiger partial charge in [-0.1, -0.05) is 57.2 Å². The minimum atomic E-state index is 0.663. The second-order valence-corrected chi connectivity index (χ2v) is 4.49. The van der Waals surface area contributed by atoms with Gasteiger partial charge in [0.15, 0.2) is 11.5 Å². The number of fused-ring (bicyclic) bond motifs is 1. The number of rotatable bonds is 1. The van der Waals surface area contributed by atoms with Gasteiger partial charge in [-0.05, 0) is 36.6 Å². The number of aryl methyl sites for hydroxylation is 2. The second-order valence-electron chi connectivity index (χ2n) is 4.49. The van der Waals surface area contributed by atoms with Crippen molar-refractivity contribution in [2.24, 2.45) is 0 Å². The first-order valence-electron chi connectivity index (χ1n) is 7.69. The van der Waals surface area contributed by atoms with Crippen molar-refractivity contribution in [3.8, 4) is 11.5 Å². The van der Waals surface area contributed by atoms with Crippen LogP contribution in [-0.2, 0) is 6.42 Å². The summed E-state index contributed by atoms with van der Waals surface area (Å²) in [5, 5.41) is 0. The van der Waals surface area contributed by atoms with Gasteiger partial charge in [0.25, 0.3) is 0 Å². The van der Waals surface area contributed by atoms with Crippen molar-refractivity contribution in [1.82, 2.24) is 0 Å². The third kappa shape index (κ3) is 5.90. The molecule has 2 nitrogen and oxygen atoms in total. The highest BCUT2D eigenvalue weighted by atomic mass is 16.6. The van der Waals surface area contributed by atoms with Gasteiger partial charge in [-0.3, -0.25) is 0 Å². The van der Waals surface area contributed by atoms with Crippen LogP contribution < -0.4 is 9.47 Å². The van der Waals surface area contributed by atoms with Crippen molar-refractivity contribution in [2.45, 2.75) is 34.1 Å². The van der Waals surface area contributed by atoms with E-state index >= 15 is 0 Å². The van der Waals surface area contributed by atoms with Crippen LogP contribution in [0.4, 0.5) is 0 Å². The third-order valence-corrected chi connectivity index (χ3v) is 2.95. The van der Waals surface area contributed by atoms with Crippen LogP contribution in [0.25, 0.3) is 0 Å². The van der Waals surface area contributed by atoms with Crippen LogP contribution in [0.2, 0.25) is 0 Å². The molecule has 1 aliphatic rings. The van der Waals surface area contributed by atoms with Crippen molar-refractivity contribution in [2.75, 3.05) is 13.2 Å². The summed E-state index contributed by atoms with van der Waals surface area (Å²) < 4.78 is 10.7. The molecule has 0 bridgehead atoms. The van der Waals surface area contributed by atoms with Gasteiger partial charge in [-0.25, -0.2) is 0 Å². The van der Waals surface area contributed by atoms with E-state index in [0.717, 1.165) is 17.9 Å². The van der Waals surface area contributed by atoms with E-state index in [-0.39, 0.29) is 0 Å². The molecule has 2 aromatic carbocycles. The highest BCUT2D eigenvalue weighted by Gasteiger charge is 2.09. The molecule has 1 heterocycles. The van der Waals surface area contributed by atoms with Crippen LogP contribution in [0.3, 0.4) is 0 Å². The smallest absolute Gasteiger partial charge is 0.161 e. The largest absolute Gasteiger partial charge is 0.486 e. The average Bonchev–Trinajstić information content (AvgIpc) is 2.58. The fourth-order valence-electron chi connectivity index (χ4n) is 1.86. The van der Waals surface area contributed by atoms with E-state index in [1.54, 1.807) is 0 Å². The maximum Gasteiger partial charge on any atom is 0.161 e. The number of ether oxygens (including phenoxy) is 2. The fraction of sp³-hybridized carbons (Fsp3) is 0.368. The number of hydrogen-bond acceptors (Lipinski definition) is 2. The van der Waals surface area contributed by atoms with Gasteiger partial charge in [0.05, 0.1) is 0 Å². The molecule has 0 spiro atoms. The Hall–Kier alpha value is -1.96. The molecule has 0 N–H and O–H groups in total. The van der Waals surface area contributed by atoms with Crippen molar-refractivity contribution < 1.29 is 9.47 Å². The summed E-state index contributed by atoms with van der Waals surface area (Å²) in [5.41, 5.74) is 2.61. The van der Waals surface area contributed by atoms with Gasteiger partial charge in [-0.15, -0.1) is 0 Å². The van der Waals surface area contributed by atoms with E-state index < -0.39 is 0 Å². The van der Waals surface area contributed by atoms with Crippen molar-refractivity contribution >= 4 is 0 Å². The topological polar surface area (TPSA) is 18.5 Å². The second kappa shape index (κ2) is 9.87. The van der Waals surface area contributed by atoms with Crippen LogP contribution in [0.1, 0.15) is 31.9 Å². The maximum absolute atomic E-state index is 5.38. The third-order valence-electron chi connectivity index (χ3n) is 2.95. The molecule has 114 valence electrons. The Balaban J connectivity index is 0.000000196. The quantitative estimate of drug-likeness (QED) is 0.731. The van der Waals surface area contributed by atoms with E-state index in [0.29, 0.717) is 13.2 Å². The van der Waals surface area contributed by atoms with Crippen molar-refractivity contribution in [1.29, 1.82) is 0 Å². The molecular formula is C19H26O2. The highest BCUT2D eigenvalue weighted by Crippen LogP contribution is 2.30. The Bertz CT molecular complexity index is 506. The standard InChI is InChI=1S/C9H10O2.C8H10.C2H6/c1-7-2-3-8-9(6-7)11-5-4-10-8;1-2-8-6-4-3-5-7-8;1-2/h2-3,6H,4-5H2,1H3;3-7H,2H2,1H3;1-2H3. The molecule has 3 rings (SSSR count). The maximum atomic E-state index is 5.38. The lowest BCUT2D eigenvalue weighted by Gasteiger charge is -2.18. The van der Waals surface area contributed by atoms with Gasteiger partial charge < -0.3 is 9.47 Å². The Morgan fingerprint density at radius 2 is 1.48 bits per heavy atom. The molecule has 0 fully saturated rings. The molecule has 21 heavy (non-hydrogen) atoms. The minimum Gasteiger partial charge on any atom is -0.486 e. The molecule has 2 heteroatoms. The summed E-state index contributed by atoms with van der Waals surface area (Å²) in [7, 11) is 0. The Labute approximate surface area is 128 Å². The molecule has 1 aliphatic heterocycles. The van der Waals surface area contributed by atoms with E-state index in [1.807, 2.05) is 45.0 Å². The van der Waals surface area contributed by atoms with E-state index in [1.165, 1.54) is 11.1 Å². The molecule has 0 saturated carbocycles. The highest BCUT2D eigenvalue weighted by molar-refractivity contribution is 5.43. The lowest BCUT2D eigenvalue weighted by molar-refractivity contribution is 0.171. The predicted octanol–water partition coefficient (Wildman–Crippen LogP) is 5.04. The van der Waals surface area contributed by atoms with E-state index in [2.05, 4.69) is 31.2 Å². The lowest BCUT2D eigenvalue weighted by atomic mass is 10.2. The van der Waals surface area contributed by atoms with Crippen molar-refractivity contribution in [3.05, 3.63) is 59.7 Å². The van der Waals surface area contributed by atoms with Gasteiger partial charge >= 0.3 is 0 Å². The summed E-state index contributed by atoms with van der Waals surface area (Å²) in [4.78, 5) is 0. The molecule has 0 aliphatic carbocycles. The molecule has 0 radical (unpaired) electrons. The SMILES string of the molecule is CC.CCc1ccccc1.Cc1ccc2c(c1)OCCO2. The summed E-state index contributed by atoms with van der Waals surface area (Å²) >= 11 is 0. The van der Waals surface area contributed by atoms with Crippen molar-refractivity contribution in [3.63, 3.8) is 0 Å². The zero-order chi connectivity index (χ0) is 15.5. The Morgan fingerprint density at radius 3 is 2.05 bits per heavy atom. The average molecular weight is 286 g/mol. The van der Waals surface area contributed by atoms with Crippen LogP contribution in [0.15, 0.2) is 48.5 Å². The predicted molar refractivity (Wildman–Crippen MR) is 89.3 cm³/mol. The van der Waals surface area contributed by atoms with Gasteiger partial charge in [-0.2, -0.15) is 0 Å². The minimum absolute atomic E-state index is 0.663. The summed E-state index contributed by atoms with van der Waals surface area (Å²) in [6.45, 7) is 9.53. The number of hydrogen-bond donors (Lipinski definition) is 0. The van der Waals surface area contributed by atoms with Gasteiger partial charge in [0.1, 0.15) is 13.2 Å². The molecule has 0 saturated heterocycles. The molecule has 0 atom stereocenters. The summed E-state index contributed by atoms with van der Waals surface area (Å²) in [6.07, 6.45) is 1.14. The van der Waals surface area contributed by atoms with Gasteiger partial charge in [0.2, 0.25) is 0 Å². The van der Waals surface area contributed by atoms with Crippen LogP contribution in [0.5, 0.6) is 11.5 Å². The first-order chi connectivity index (χ1) is 10.3. The Morgan fingerprint density at radius 1 is 0.857 bits per heavy atom. The first kappa shape index (κ1) is 17.1. The molecule has 0 aromatic heterocycles. The normalized spacial score (nSPS) is 11.4. The fourth-order valence-corrected chi connectivity index (χ4v) is 1.86. The van der Waals surface area contributed by atoms with E-state index in [9.17, 15) is 0 Å². The molecule has 0 unspecified atom stereocenters. The van der Waals surface area contributed by atoms with E-state index in [4.69, 9.17) is 9.47 Å². The first-order valence-corrected chi connectivity index (χ1v) is 7.69. The monoisotopic (exact) mass is 286 g/mol. The Kier molecular flexibility index (Phi) is 8.03. The van der Waals surface area contributed by atoms with Gasteiger partial charge in [0, 0.05) is 0 Å². The van der Waals surface area contributed by atoms with Crippen LogP contribution in [-0.4, -0.2) is 13.2 Å². The lowest BCUT2D eigenvalue weighted by Crippen LogP contribution is -2.15. The summed E-state index contributed by atoms with van der Waals surface area (Å²) in [6, 6.07) is 16.4. The molecule has 0 amide bonds. The zero-order valence-electron chi connectivity index (χ0n) is 13.6. The summed E-state index contributed by atoms with van der Waals surface area (Å²) in [5.74, 6) is 1.73.